The van der Waals surface area contributed by atoms with Crippen LogP contribution in [0.4, 0.5) is 5.69 Å². The molecular formula is C24H17N. The van der Waals surface area contributed by atoms with Crippen molar-refractivity contribution in [2.24, 2.45) is 0 Å². The summed E-state index contributed by atoms with van der Waals surface area (Å²) < 4.78 is 0. The fourth-order valence-corrected chi connectivity index (χ4v) is 3.85. The van der Waals surface area contributed by atoms with Crippen LogP contribution in [0, 0.1) is 0 Å². The van der Waals surface area contributed by atoms with E-state index in [1.54, 1.807) is 0 Å². The molecule has 0 amide bonds. The molecule has 0 spiro atoms. The first-order chi connectivity index (χ1) is 12.3. The highest BCUT2D eigenvalue weighted by Gasteiger charge is 2.13. The van der Waals surface area contributed by atoms with E-state index in [1.165, 1.54) is 37.9 Å². The summed E-state index contributed by atoms with van der Waals surface area (Å²) in [6.07, 6.45) is 0. The Hall–Kier alpha value is -3.32. The topological polar surface area (TPSA) is 26.0 Å². The van der Waals surface area contributed by atoms with Gasteiger partial charge in [0.25, 0.3) is 0 Å². The lowest BCUT2D eigenvalue weighted by atomic mass is 9.90. The molecule has 25 heavy (non-hydrogen) atoms. The Morgan fingerprint density at radius 1 is 0.480 bits per heavy atom. The van der Waals surface area contributed by atoms with Crippen molar-refractivity contribution < 1.29 is 0 Å². The van der Waals surface area contributed by atoms with Crippen LogP contribution in [0.15, 0.2) is 91.0 Å². The molecule has 0 aliphatic heterocycles. The third-order valence-electron chi connectivity index (χ3n) is 5.00. The summed E-state index contributed by atoms with van der Waals surface area (Å²) in [5.41, 5.74) is 9.60. The molecule has 5 rings (SSSR count). The van der Waals surface area contributed by atoms with Crippen LogP contribution in [0.5, 0.6) is 0 Å². The van der Waals surface area contributed by atoms with E-state index in [1.807, 2.05) is 6.07 Å². The van der Waals surface area contributed by atoms with Crippen molar-refractivity contribution in [3.63, 3.8) is 0 Å². The highest BCUT2D eigenvalue weighted by molar-refractivity contribution is 6.17. The normalized spacial score (nSPS) is 11.4. The lowest BCUT2D eigenvalue weighted by Gasteiger charge is -2.15. The summed E-state index contributed by atoms with van der Waals surface area (Å²) in [6.45, 7) is 0. The zero-order valence-corrected chi connectivity index (χ0v) is 13.7. The molecular weight excluding hydrogens is 302 g/mol. The first-order valence-electron chi connectivity index (χ1n) is 8.51. The molecule has 0 atom stereocenters. The Morgan fingerprint density at radius 3 is 1.88 bits per heavy atom. The van der Waals surface area contributed by atoms with Crippen LogP contribution in [0.1, 0.15) is 0 Å². The average Bonchev–Trinajstić information content (AvgIpc) is 2.67. The Bertz CT molecular complexity index is 1250. The van der Waals surface area contributed by atoms with Gasteiger partial charge in [-0.05, 0) is 50.0 Å². The predicted molar refractivity (Wildman–Crippen MR) is 109 cm³/mol. The molecule has 0 aliphatic rings. The van der Waals surface area contributed by atoms with Crippen molar-refractivity contribution >= 4 is 38.0 Å². The summed E-state index contributed by atoms with van der Waals surface area (Å²) in [4.78, 5) is 0. The molecule has 2 N–H and O–H groups in total. The van der Waals surface area contributed by atoms with Crippen LogP contribution in [-0.4, -0.2) is 0 Å². The molecule has 1 nitrogen and oxygen atoms in total. The minimum atomic E-state index is 0.819. The summed E-state index contributed by atoms with van der Waals surface area (Å²) in [5.74, 6) is 0. The number of hydrogen-bond acceptors (Lipinski definition) is 1. The van der Waals surface area contributed by atoms with Crippen LogP contribution in [0.2, 0.25) is 0 Å². The van der Waals surface area contributed by atoms with Gasteiger partial charge in [0.1, 0.15) is 0 Å². The molecule has 0 unspecified atom stereocenters. The summed E-state index contributed by atoms with van der Waals surface area (Å²) in [7, 11) is 0. The zero-order valence-electron chi connectivity index (χ0n) is 13.7. The Balaban J connectivity index is 2.01. The molecule has 118 valence electrons. The largest absolute Gasteiger partial charge is 0.398 e. The van der Waals surface area contributed by atoms with E-state index in [0.29, 0.717) is 0 Å². The van der Waals surface area contributed by atoms with Gasteiger partial charge in [-0.3, -0.25) is 0 Å². The molecule has 0 saturated carbocycles. The van der Waals surface area contributed by atoms with Gasteiger partial charge in [0.15, 0.2) is 0 Å². The monoisotopic (exact) mass is 319 g/mol. The Labute approximate surface area is 146 Å². The molecule has 0 bridgehead atoms. The summed E-state index contributed by atoms with van der Waals surface area (Å²) >= 11 is 0. The third-order valence-corrected chi connectivity index (χ3v) is 5.00. The fraction of sp³-hybridized carbons (Fsp3) is 0. The minimum Gasteiger partial charge on any atom is -0.398 e. The molecule has 0 saturated heterocycles. The van der Waals surface area contributed by atoms with Gasteiger partial charge in [-0.1, -0.05) is 78.9 Å². The first kappa shape index (κ1) is 14.1. The van der Waals surface area contributed by atoms with E-state index < -0.39 is 0 Å². The highest BCUT2D eigenvalue weighted by atomic mass is 14.6. The van der Waals surface area contributed by atoms with Gasteiger partial charge in [-0.15, -0.1) is 0 Å². The second-order valence-electron chi connectivity index (χ2n) is 6.44. The molecule has 0 fully saturated rings. The van der Waals surface area contributed by atoms with Crippen molar-refractivity contribution in [3.8, 4) is 11.1 Å². The van der Waals surface area contributed by atoms with E-state index in [4.69, 9.17) is 5.73 Å². The molecule has 1 heteroatoms. The lowest BCUT2D eigenvalue weighted by molar-refractivity contribution is 1.68. The van der Waals surface area contributed by atoms with Crippen LogP contribution < -0.4 is 5.73 Å². The van der Waals surface area contributed by atoms with Crippen molar-refractivity contribution in [3.05, 3.63) is 91.0 Å². The minimum absolute atomic E-state index is 0.819. The first-order valence-corrected chi connectivity index (χ1v) is 8.51. The Kier molecular flexibility index (Phi) is 3.01. The second-order valence-corrected chi connectivity index (χ2v) is 6.44. The number of rotatable bonds is 1. The van der Waals surface area contributed by atoms with Crippen molar-refractivity contribution in [2.45, 2.75) is 0 Å². The number of nitrogens with two attached hydrogens (primary N) is 1. The van der Waals surface area contributed by atoms with Gasteiger partial charge < -0.3 is 5.73 Å². The number of anilines is 1. The van der Waals surface area contributed by atoms with Crippen LogP contribution in [-0.2, 0) is 0 Å². The van der Waals surface area contributed by atoms with Crippen molar-refractivity contribution in [2.75, 3.05) is 5.73 Å². The SMILES string of the molecule is Nc1ccc2ccccc2c1-c1cc2ccccc2c2ccccc12. The van der Waals surface area contributed by atoms with E-state index in [9.17, 15) is 0 Å². The van der Waals surface area contributed by atoms with Crippen LogP contribution in [0.3, 0.4) is 0 Å². The van der Waals surface area contributed by atoms with E-state index in [-0.39, 0.29) is 0 Å². The average molecular weight is 319 g/mol. The smallest absolute Gasteiger partial charge is 0.0400 e. The van der Waals surface area contributed by atoms with E-state index in [2.05, 4.69) is 84.9 Å². The fourth-order valence-electron chi connectivity index (χ4n) is 3.85. The van der Waals surface area contributed by atoms with Crippen LogP contribution in [0.25, 0.3) is 43.4 Å². The summed E-state index contributed by atoms with van der Waals surface area (Å²) in [5, 5.41) is 7.43. The Morgan fingerprint density at radius 2 is 1.08 bits per heavy atom. The van der Waals surface area contributed by atoms with Gasteiger partial charge in [0.05, 0.1) is 0 Å². The quantitative estimate of drug-likeness (QED) is 0.281. The number of benzene rings is 5. The maximum Gasteiger partial charge on any atom is 0.0400 e. The van der Waals surface area contributed by atoms with Crippen molar-refractivity contribution in [1.29, 1.82) is 0 Å². The van der Waals surface area contributed by atoms with E-state index in [0.717, 1.165) is 11.3 Å². The van der Waals surface area contributed by atoms with Crippen LogP contribution >= 0.6 is 0 Å². The number of nitrogen functional groups attached to an aromatic ring is 1. The molecule has 0 radical (unpaired) electrons. The number of hydrogen-bond donors (Lipinski definition) is 1. The standard InChI is InChI=1S/C24H17N/c25-23-14-13-16-7-1-4-10-19(16)24(23)22-15-17-8-2-3-9-18(17)20-11-5-6-12-21(20)22/h1-15H,25H2. The predicted octanol–water partition coefficient (Wildman–Crippen LogP) is 6.40. The van der Waals surface area contributed by atoms with Gasteiger partial charge in [0.2, 0.25) is 0 Å². The molecule has 0 aromatic heterocycles. The van der Waals surface area contributed by atoms with Gasteiger partial charge >= 0.3 is 0 Å². The maximum atomic E-state index is 6.45. The van der Waals surface area contributed by atoms with Gasteiger partial charge in [0, 0.05) is 11.3 Å². The third kappa shape index (κ3) is 2.10. The second kappa shape index (κ2) is 5.35. The lowest BCUT2D eigenvalue weighted by Crippen LogP contribution is -1.93. The summed E-state index contributed by atoms with van der Waals surface area (Å²) in [6, 6.07) is 32.0. The number of fused-ring (bicyclic) bond motifs is 4. The maximum absolute atomic E-state index is 6.45. The molecule has 5 aromatic rings. The van der Waals surface area contributed by atoms with E-state index >= 15 is 0 Å². The van der Waals surface area contributed by atoms with Gasteiger partial charge in [-0.2, -0.15) is 0 Å². The van der Waals surface area contributed by atoms with Gasteiger partial charge in [-0.25, -0.2) is 0 Å². The molecule has 5 aromatic carbocycles. The highest BCUT2D eigenvalue weighted by Crippen LogP contribution is 2.40. The zero-order chi connectivity index (χ0) is 16.8. The molecule has 0 aliphatic carbocycles. The molecule has 0 heterocycles. The van der Waals surface area contributed by atoms with Crippen molar-refractivity contribution in [1.82, 2.24) is 0 Å².